The summed E-state index contributed by atoms with van der Waals surface area (Å²) in [5.74, 6) is -0.211. The lowest BCUT2D eigenvalue weighted by atomic mass is 10.3. The van der Waals surface area contributed by atoms with Crippen LogP contribution in [0.3, 0.4) is 0 Å². The predicted molar refractivity (Wildman–Crippen MR) is 79.7 cm³/mol. The Balaban J connectivity index is 2.27. The average Bonchev–Trinajstić information content (AvgIpc) is 2.46. The van der Waals surface area contributed by atoms with E-state index in [0.717, 1.165) is 51.5 Å². The zero-order valence-electron chi connectivity index (χ0n) is 12.4. The molecule has 1 rings (SSSR count). The summed E-state index contributed by atoms with van der Waals surface area (Å²) in [6, 6.07) is 6.42. The Morgan fingerprint density at radius 2 is 1.70 bits per heavy atom. The van der Waals surface area contributed by atoms with Crippen LogP contribution in [0.25, 0.3) is 0 Å². The van der Waals surface area contributed by atoms with E-state index in [-0.39, 0.29) is 5.82 Å². The summed E-state index contributed by atoms with van der Waals surface area (Å²) in [5, 5.41) is 3.29. The van der Waals surface area contributed by atoms with Crippen LogP contribution in [-0.4, -0.2) is 58.5 Å². The van der Waals surface area contributed by atoms with Gasteiger partial charge >= 0.3 is 0 Å². The zero-order chi connectivity index (χ0) is 14.6. The SMILES string of the molecule is COCCCN(CCNc1ccc(F)cc1)CCOC. The van der Waals surface area contributed by atoms with Gasteiger partial charge in [0.15, 0.2) is 0 Å². The highest BCUT2D eigenvalue weighted by Gasteiger charge is 2.04. The molecule has 0 unspecified atom stereocenters. The normalized spacial score (nSPS) is 11.0. The van der Waals surface area contributed by atoms with Gasteiger partial charge in [-0.25, -0.2) is 4.39 Å². The molecule has 20 heavy (non-hydrogen) atoms. The number of hydrogen-bond acceptors (Lipinski definition) is 4. The van der Waals surface area contributed by atoms with Crippen molar-refractivity contribution in [2.24, 2.45) is 0 Å². The van der Waals surface area contributed by atoms with Gasteiger partial charge in [-0.1, -0.05) is 0 Å². The molecule has 114 valence electrons. The molecular formula is C15H25FN2O2. The minimum Gasteiger partial charge on any atom is -0.385 e. The number of halogens is 1. The highest BCUT2D eigenvalue weighted by molar-refractivity contribution is 5.42. The maximum Gasteiger partial charge on any atom is 0.123 e. The van der Waals surface area contributed by atoms with Gasteiger partial charge in [-0.15, -0.1) is 0 Å². The topological polar surface area (TPSA) is 33.7 Å². The first-order valence-electron chi connectivity index (χ1n) is 6.96. The van der Waals surface area contributed by atoms with Crippen LogP contribution in [0.1, 0.15) is 6.42 Å². The van der Waals surface area contributed by atoms with Gasteiger partial charge in [0.1, 0.15) is 5.82 Å². The van der Waals surface area contributed by atoms with Crippen molar-refractivity contribution in [1.82, 2.24) is 4.90 Å². The molecule has 0 bridgehead atoms. The van der Waals surface area contributed by atoms with Gasteiger partial charge in [-0.2, -0.15) is 0 Å². The second kappa shape index (κ2) is 10.6. The number of anilines is 1. The Morgan fingerprint density at radius 3 is 2.35 bits per heavy atom. The third-order valence-corrected chi connectivity index (χ3v) is 3.04. The van der Waals surface area contributed by atoms with Gasteiger partial charge in [0.05, 0.1) is 6.61 Å². The molecule has 0 aromatic heterocycles. The molecule has 0 aliphatic carbocycles. The molecule has 4 nitrogen and oxygen atoms in total. The highest BCUT2D eigenvalue weighted by atomic mass is 19.1. The number of nitrogens with zero attached hydrogens (tertiary/aromatic N) is 1. The van der Waals surface area contributed by atoms with Crippen molar-refractivity contribution in [3.63, 3.8) is 0 Å². The lowest BCUT2D eigenvalue weighted by Gasteiger charge is -2.22. The van der Waals surface area contributed by atoms with Crippen LogP contribution >= 0.6 is 0 Å². The summed E-state index contributed by atoms with van der Waals surface area (Å²) in [7, 11) is 3.43. The Hall–Kier alpha value is -1.17. The third-order valence-electron chi connectivity index (χ3n) is 3.04. The minimum atomic E-state index is -0.211. The molecule has 0 heterocycles. The summed E-state index contributed by atoms with van der Waals surface area (Å²) >= 11 is 0. The lowest BCUT2D eigenvalue weighted by Crippen LogP contribution is -2.33. The largest absolute Gasteiger partial charge is 0.385 e. The Morgan fingerprint density at radius 1 is 1.00 bits per heavy atom. The van der Waals surface area contributed by atoms with Crippen molar-refractivity contribution in [3.05, 3.63) is 30.1 Å². The minimum absolute atomic E-state index is 0.211. The van der Waals surface area contributed by atoms with Crippen molar-refractivity contribution in [1.29, 1.82) is 0 Å². The van der Waals surface area contributed by atoms with Crippen LogP contribution in [-0.2, 0) is 9.47 Å². The highest BCUT2D eigenvalue weighted by Crippen LogP contribution is 2.07. The Labute approximate surface area is 120 Å². The van der Waals surface area contributed by atoms with E-state index in [2.05, 4.69) is 10.2 Å². The maximum absolute atomic E-state index is 12.8. The number of rotatable bonds is 11. The number of nitrogens with one attached hydrogen (secondary N) is 1. The molecule has 1 aromatic carbocycles. The van der Waals surface area contributed by atoms with E-state index >= 15 is 0 Å². The fourth-order valence-electron chi connectivity index (χ4n) is 1.91. The van der Waals surface area contributed by atoms with Crippen molar-refractivity contribution in [2.45, 2.75) is 6.42 Å². The van der Waals surface area contributed by atoms with E-state index in [1.807, 2.05) is 0 Å². The molecule has 0 aliphatic rings. The molecular weight excluding hydrogens is 259 g/mol. The van der Waals surface area contributed by atoms with Gasteiger partial charge in [0.2, 0.25) is 0 Å². The molecule has 0 saturated carbocycles. The lowest BCUT2D eigenvalue weighted by molar-refractivity contribution is 0.135. The van der Waals surface area contributed by atoms with E-state index in [0.29, 0.717) is 0 Å². The molecule has 5 heteroatoms. The second-order valence-electron chi connectivity index (χ2n) is 4.61. The fourth-order valence-corrected chi connectivity index (χ4v) is 1.91. The zero-order valence-corrected chi connectivity index (χ0v) is 12.4. The number of hydrogen-bond donors (Lipinski definition) is 1. The van der Waals surface area contributed by atoms with Crippen molar-refractivity contribution in [3.8, 4) is 0 Å². The predicted octanol–water partition coefficient (Wildman–Crippen LogP) is 2.22. The molecule has 1 N–H and O–H groups in total. The molecule has 0 fully saturated rings. The van der Waals surface area contributed by atoms with Crippen LogP contribution in [0.2, 0.25) is 0 Å². The van der Waals surface area contributed by atoms with Crippen LogP contribution in [0.4, 0.5) is 10.1 Å². The average molecular weight is 284 g/mol. The van der Waals surface area contributed by atoms with E-state index in [4.69, 9.17) is 9.47 Å². The molecule has 0 amide bonds. The summed E-state index contributed by atoms with van der Waals surface area (Å²) in [4.78, 5) is 2.33. The molecule has 1 aromatic rings. The second-order valence-corrected chi connectivity index (χ2v) is 4.61. The molecule has 0 atom stereocenters. The summed E-state index contributed by atoms with van der Waals surface area (Å²) in [5.41, 5.74) is 0.940. The Kier molecular flexibility index (Phi) is 8.95. The van der Waals surface area contributed by atoms with E-state index in [9.17, 15) is 4.39 Å². The summed E-state index contributed by atoms with van der Waals surface area (Å²) in [6.07, 6.45) is 1.01. The van der Waals surface area contributed by atoms with Gasteiger partial charge in [-0.05, 0) is 30.7 Å². The van der Waals surface area contributed by atoms with E-state index in [1.165, 1.54) is 12.1 Å². The number of methoxy groups -OCH3 is 2. The van der Waals surface area contributed by atoms with Gasteiger partial charge in [0, 0.05) is 52.7 Å². The van der Waals surface area contributed by atoms with Gasteiger partial charge in [-0.3, -0.25) is 4.90 Å². The summed E-state index contributed by atoms with van der Waals surface area (Å²) in [6.45, 7) is 5.14. The smallest absolute Gasteiger partial charge is 0.123 e. The van der Waals surface area contributed by atoms with Crippen molar-refractivity contribution >= 4 is 5.69 Å². The standard InChI is InChI=1S/C15H25FN2O2/c1-19-12-3-9-18(11-13-20-2)10-8-17-15-6-4-14(16)5-7-15/h4-7,17H,3,8-13H2,1-2H3. The monoisotopic (exact) mass is 284 g/mol. The molecule has 0 spiro atoms. The molecule has 0 saturated heterocycles. The van der Waals surface area contributed by atoms with Crippen molar-refractivity contribution < 1.29 is 13.9 Å². The van der Waals surface area contributed by atoms with E-state index < -0.39 is 0 Å². The number of benzene rings is 1. The van der Waals surface area contributed by atoms with Crippen LogP contribution in [0.5, 0.6) is 0 Å². The van der Waals surface area contributed by atoms with Gasteiger partial charge < -0.3 is 14.8 Å². The van der Waals surface area contributed by atoms with E-state index in [1.54, 1.807) is 26.4 Å². The molecule has 0 radical (unpaired) electrons. The van der Waals surface area contributed by atoms with Crippen molar-refractivity contribution in [2.75, 3.05) is 58.9 Å². The van der Waals surface area contributed by atoms with Gasteiger partial charge in [0.25, 0.3) is 0 Å². The van der Waals surface area contributed by atoms with Crippen LogP contribution in [0.15, 0.2) is 24.3 Å². The quantitative estimate of drug-likeness (QED) is 0.632. The third kappa shape index (κ3) is 7.43. The fraction of sp³-hybridized carbons (Fsp3) is 0.600. The maximum atomic E-state index is 12.8. The molecule has 0 aliphatic heterocycles. The van der Waals surface area contributed by atoms with Crippen LogP contribution < -0.4 is 5.32 Å². The number of ether oxygens (including phenoxy) is 2. The first-order valence-corrected chi connectivity index (χ1v) is 6.96. The Bertz CT molecular complexity index is 346. The van der Waals surface area contributed by atoms with Crippen LogP contribution in [0, 0.1) is 5.82 Å². The first kappa shape index (κ1) is 16.9. The first-order chi connectivity index (χ1) is 9.76. The summed E-state index contributed by atoms with van der Waals surface area (Å²) < 4.78 is 23.0.